The molecule has 5 atom stereocenters. The zero-order valence-electron chi connectivity index (χ0n) is 23.5. The first kappa shape index (κ1) is 28.6. The standard InChI is InChI=1S/C32H39ClN2O5S/c1-2-21-5-3-7-29(36)26-11-8-24(26)17-35-19-32(14-4-6-22-15-25(33)10-12-27(22)32)20-40-30-13-9-23(16-28(30)35)31(37)34-41(38,39)18-21/h3,7,9-10,12-13,15-16,21,24,26,29,36H,2,4-6,8,11,14,17-20H2,1H3,(H,34,37)/b7-3-/t21-,24+,26-,29+,32+/m1/s1. The zero-order valence-corrected chi connectivity index (χ0v) is 25.1. The third-order valence-corrected chi connectivity index (χ3v) is 11.4. The number of aryl methyl sites for hydroxylation is 1. The number of ether oxygens (including phenoxy) is 1. The molecule has 0 aromatic heterocycles. The first-order valence-corrected chi connectivity index (χ1v) is 16.9. The van der Waals surface area contributed by atoms with Gasteiger partial charge in [-0.3, -0.25) is 4.79 Å². The molecule has 2 N–H and O–H groups in total. The Morgan fingerprint density at radius 2 is 2.05 bits per heavy atom. The molecular weight excluding hydrogens is 560 g/mol. The van der Waals surface area contributed by atoms with Crippen LogP contribution < -0.4 is 14.4 Å². The van der Waals surface area contributed by atoms with Crippen LogP contribution in [-0.4, -0.2) is 51.0 Å². The molecule has 6 rings (SSSR count). The number of anilines is 1. The molecule has 2 aliphatic carbocycles. The molecule has 0 radical (unpaired) electrons. The van der Waals surface area contributed by atoms with Gasteiger partial charge >= 0.3 is 0 Å². The molecule has 1 fully saturated rings. The first-order valence-electron chi connectivity index (χ1n) is 14.9. The van der Waals surface area contributed by atoms with E-state index in [-0.39, 0.29) is 28.6 Å². The minimum atomic E-state index is -3.84. The number of rotatable bonds is 1. The summed E-state index contributed by atoms with van der Waals surface area (Å²) >= 11 is 6.38. The molecule has 9 heteroatoms. The summed E-state index contributed by atoms with van der Waals surface area (Å²) in [6.45, 7) is 3.87. The summed E-state index contributed by atoms with van der Waals surface area (Å²) in [6, 6.07) is 11.4. The molecule has 2 aromatic carbocycles. The van der Waals surface area contributed by atoms with Crippen LogP contribution in [0.5, 0.6) is 5.75 Å². The number of sulfonamides is 1. The Bertz CT molecular complexity index is 1460. The van der Waals surface area contributed by atoms with E-state index in [1.807, 2.05) is 25.1 Å². The van der Waals surface area contributed by atoms with Crippen LogP contribution in [0.2, 0.25) is 5.02 Å². The fourth-order valence-corrected chi connectivity index (χ4v) is 8.94. The number of fused-ring (bicyclic) bond motifs is 4. The van der Waals surface area contributed by atoms with Gasteiger partial charge in [-0.25, -0.2) is 13.1 Å². The Morgan fingerprint density at radius 1 is 1.20 bits per heavy atom. The first-order chi connectivity index (χ1) is 19.7. The van der Waals surface area contributed by atoms with E-state index >= 15 is 0 Å². The van der Waals surface area contributed by atoms with Gasteiger partial charge in [0.15, 0.2) is 0 Å². The van der Waals surface area contributed by atoms with Gasteiger partial charge in [-0.05, 0) is 97.7 Å². The van der Waals surface area contributed by atoms with Crippen molar-refractivity contribution in [3.8, 4) is 5.75 Å². The lowest BCUT2D eigenvalue weighted by Crippen LogP contribution is -2.49. The number of aliphatic hydroxyl groups excluding tert-OH is 1. The number of aliphatic hydroxyl groups is 1. The Morgan fingerprint density at radius 3 is 2.83 bits per heavy atom. The molecule has 41 heavy (non-hydrogen) atoms. The van der Waals surface area contributed by atoms with E-state index in [4.69, 9.17) is 16.3 Å². The van der Waals surface area contributed by atoms with Crippen molar-refractivity contribution >= 4 is 33.2 Å². The van der Waals surface area contributed by atoms with Crippen molar-refractivity contribution < 1.29 is 23.1 Å². The molecule has 1 amide bonds. The summed E-state index contributed by atoms with van der Waals surface area (Å²) in [5, 5.41) is 11.8. The highest BCUT2D eigenvalue weighted by molar-refractivity contribution is 7.90. The number of hydrogen-bond acceptors (Lipinski definition) is 6. The van der Waals surface area contributed by atoms with Gasteiger partial charge in [-0.15, -0.1) is 0 Å². The van der Waals surface area contributed by atoms with Crippen molar-refractivity contribution in [2.75, 3.05) is 30.3 Å². The van der Waals surface area contributed by atoms with Gasteiger partial charge < -0.3 is 14.7 Å². The quantitative estimate of drug-likeness (QED) is 0.436. The maximum absolute atomic E-state index is 13.2. The molecular formula is C32H39ClN2O5S. The van der Waals surface area contributed by atoms with Crippen LogP contribution in [0, 0.1) is 17.8 Å². The number of carbonyl (C=O) groups is 1. The molecule has 1 saturated carbocycles. The number of nitrogens with zero attached hydrogens (tertiary/aromatic N) is 1. The summed E-state index contributed by atoms with van der Waals surface area (Å²) in [4.78, 5) is 15.6. The fraction of sp³-hybridized carbons (Fsp3) is 0.531. The van der Waals surface area contributed by atoms with Gasteiger partial charge in [0.25, 0.3) is 5.91 Å². The van der Waals surface area contributed by atoms with Gasteiger partial charge in [0.2, 0.25) is 10.0 Å². The average molecular weight is 599 g/mol. The number of halogens is 1. The highest BCUT2D eigenvalue weighted by Crippen LogP contribution is 2.46. The molecule has 2 aromatic rings. The van der Waals surface area contributed by atoms with Crippen LogP contribution in [0.15, 0.2) is 48.6 Å². The predicted molar refractivity (Wildman–Crippen MR) is 161 cm³/mol. The van der Waals surface area contributed by atoms with Gasteiger partial charge in [-0.1, -0.05) is 43.2 Å². The Kier molecular flexibility index (Phi) is 7.85. The number of amides is 1. The Labute approximate surface area is 248 Å². The average Bonchev–Trinajstić information content (AvgIpc) is 3.06. The normalized spacial score (nSPS) is 32.0. The fourth-order valence-electron chi connectivity index (χ4n) is 7.27. The highest BCUT2D eigenvalue weighted by Gasteiger charge is 2.44. The SMILES string of the molecule is CC[C@@H]1C/C=C\[C@H](O)[C@@H]2CC[C@H]2CN2C[C@@]3(CCCc4cc(Cl)ccc43)COc3ccc(cc32)C(=O)NS(=O)(=O)C1. The second-order valence-electron chi connectivity index (χ2n) is 12.4. The maximum Gasteiger partial charge on any atom is 0.264 e. The second kappa shape index (κ2) is 11.3. The number of nitrogens with one attached hydrogen (secondary N) is 1. The topological polar surface area (TPSA) is 95.9 Å². The Balaban J connectivity index is 1.41. The zero-order chi connectivity index (χ0) is 28.8. The molecule has 0 unspecified atom stereocenters. The van der Waals surface area contributed by atoms with Crippen LogP contribution in [0.25, 0.3) is 0 Å². The highest BCUT2D eigenvalue weighted by atomic mass is 35.5. The monoisotopic (exact) mass is 598 g/mol. The minimum absolute atomic E-state index is 0.135. The van der Waals surface area contributed by atoms with Crippen molar-refractivity contribution in [2.45, 2.75) is 63.4 Å². The summed E-state index contributed by atoms with van der Waals surface area (Å²) < 4.78 is 34.7. The molecule has 0 saturated heterocycles. The van der Waals surface area contributed by atoms with Crippen LogP contribution in [-0.2, 0) is 21.9 Å². The smallest absolute Gasteiger partial charge is 0.264 e. The molecule has 7 nitrogen and oxygen atoms in total. The van der Waals surface area contributed by atoms with Crippen molar-refractivity contribution in [3.63, 3.8) is 0 Å². The van der Waals surface area contributed by atoms with Crippen molar-refractivity contribution in [1.82, 2.24) is 4.72 Å². The predicted octanol–water partition coefficient (Wildman–Crippen LogP) is 5.25. The van der Waals surface area contributed by atoms with E-state index in [0.717, 1.165) is 49.4 Å². The lowest BCUT2D eigenvalue weighted by atomic mass is 9.68. The molecule has 2 heterocycles. The van der Waals surface area contributed by atoms with Crippen molar-refractivity contribution in [1.29, 1.82) is 0 Å². The summed E-state index contributed by atoms with van der Waals surface area (Å²) in [7, 11) is -3.84. The molecule has 220 valence electrons. The molecule has 2 aliphatic heterocycles. The second-order valence-corrected chi connectivity index (χ2v) is 14.6. The van der Waals surface area contributed by atoms with E-state index in [9.17, 15) is 18.3 Å². The van der Waals surface area contributed by atoms with Gasteiger partial charge in [0.1, 0.15) is 5.75 Å². The van der Waals surface area contributed by atoms with Crippen molar-refractivity contribution in [2.24, 2.45) is 17.8 Å². The maximum atomic E-state index is 13.2. The van der Waals surface area contributed by atoms with Crippen LogP contribution in [0.4, 0.5) is 5.69 Å². The van der Waals surface area contributed by atoms with Crippen LogP contribution >= 0.6 is 11.6 Å². The van der Waals surface area contributed by atoms with E-state index in [0.29, 0.717) is 37.7 Å². The summed E-state index contributed by atoms with van der Waals surface area (Å²) in [5.41, 5.74) is 3.35. The van der Waals surface area contributed by atoms with Crippen LogP contribution in [0.1, 0.15) is 66.9 Å². The molecule has 4 aliphatic rings. The van der Waals surface area contributed by atoms with Gasteiger partial charge in [-0.2, -0.15) is 0 Å². The summed E-state index contributed by atoms with van der Waals surface area (Å²) in [5.74, 6) is 0.196. The van der Waals surface area contributed by atoms with E-state index in [1.165, 1.54) is 11.1 Å². The van der Waals surface area contributed by atoms with Crippen LogP contribution in [0.3, 0.4) is 0 Å². The molecule has 1 spiro atoms. The lowest BCUT2D eigenvalue weighted by Gasteiger charge is -2.45. The molecule has 2 bridgehead atoms. The number of carbonyl (C=O) groups excluding carboxylic acids is 1. The van der Waals surface area contributed by atoms with E-state index < -0.39 is 22.0 Å². The van der Waals surface area contributed by atoms with Gasteiger partial charge in [0, 0.05) is 29.1 Å². The van der Waals surface area contributed by atoms with E-state index in [2.05, 4.69) is 21.8 Å². The third-order valence-electron chi connectivity index (χ3n) is 9.75. The summed E-state index contributed by atoms with van der Waals surface area (Å²) in [6.07, 6.45) is 9.33. The largest absolute Gasteiger partial charge is 0.490 e. The van der Waals surface area contributed by atoms with Crippen molar-refractivity contribution in [3.05, 3.63) is 70.3 Å². The van der Waals surface area contributed by atoms with E-state index in [1.54, 1.807) is 18.2 Å². The lowest BCUT2D eigenvalue weighted by molar-refractivity contribution is 0.0456. The number of allylic oxidation sites excluding steroid dienone is 1. The third kappa shape index (κ3) is 5.75. The minimum Gasteiger partial charge on any atom is -0.490 e. The number of benzene rings is 2. The Hall–Kier alpha value is -2.55. The van der Waals surface area contributed by atoms with Gasteiger partial charge in [0.05, 0.1) is 24.2 Å². The number of hydrogen-bond donors (Lipinski definition) is 2.